The van der Waals surface area contributed by atoms with Gasteiger partial charge in [0.15, 0.2) is 10.1 Å². The number of methoxy groups -OCH3 is 1. The summed E-state index contributed by atoms with van der Waals surface area (Å²) in [5.41, 5.74) is 4.32. The lowest BCUT2D eigenvalue weighted by molar-refractivity contribution is -0.132. The Labute approximate surface area is 254 Å². The number of esters is 1. The number of pyridine rings is 1. The van der Waals surface area contributed by atoms with Crippen LogP contribution in [0.2, 0.25) is 0 Å². The van der Waals surface area contributed by atoms with E-state index in [0.29, 0.717) is 38.3 Å². The quantitative estimate of drug-likeness (QED) is 0.0633. The lowest BCUT2D eigenvalue weighted by atomic mass is 9.95. The van der Waals surface area contributed by atoms with Gasteiger partial charge in [0.2, 0.25) is 5.13 Å². The molecular formula is C31H25N5O5S2. The molecule has 6 rings (SSSR count). The maximum atomic E-state index is 13.7. The van der Waals surface area contributed by atoms with Gasteiger partial charge in [0, 0.05) is 11.9 Å². The van der Waals surface area contributed by atoms with Gasteiger partial charge in [0.25, 0.3) is 5.78 Å². The molecule has 43 heavy (non-hydrogen) atoms. The topological polar surface area (TPSA) is 127 Å². The number of amides is 1. The van der Waals surface area contributed by atoms with Gasteiger partial charge in [-0.1, -0.05) is 71.1 Å². The van der Waals surface area contributed by atoms with Crippen molar-refractivity contribution in [1.82, 2.24) is 19.6 Å². The first-order valence-electron chi connectivity index (χ1n) is 13.2. The van der Waals surface area contributed by atoms with Gasteiger partial charge in [-0.2, -0.15) is 0 Å². The van der Waals surface area contributed by atoms with E-state index >= 15 is 0 Å². The lowest BCUT2D eigenvalue weighted by Crippen LogP contribution is -2.29. The van der Waals surface area contributed by atoms with Crippen molar-refractivity contribution in [1.29, 1.82) is 0 Å². The molecule has 4 heterocycles. The second-order valence-corrected chi connectivity index (χ2v) is 12.1. The summed E-state index contributed by atoms with van der Waals surface area (Å²) in [6.07, 6.45) is 1.73. The summed E-state index contributed by atoms with van der Waals surface area (Å²) in [4.78, 5) is 45.1. The lowest BCUT2D eigenvalue weighted by Gasteiger charge is -2.22. The van der Waals surface area contributed by atoms with Gasteiger partial charge in [0.05, 0.1) is 30.0 Å². The molecule has 0 saturated carbocycles. The molecule has 1 N–H and O–H groups in total. The molecule has 3 aromatic heterocycles. The fraction of sp³-hybridized carbons (Fsp3) is 0.161. The van der Waals surface area contributed by atoms with Crippen LogP contribution in [0, 0.1) is 13.8 Å². The van der Waals surface area contributed by atoms with E-state index in [2.05, 4.69) is 15.2 Å². The van der Waals surface area contributed by atoms with Crippen LogP contribution in [-0.4, -0.2) is 49.5 Å². The van der Waals surface area contributed by atoms with Crippen LogP contribution in [0.25, 0.3) is 11.4 Å². The van der Waals surface area contributed by atoms with Crippen molar-refractivity contribution in [3.8, 4) is 0 Å². The van der Waals surface area contributed by atoms with E-state index < -0.39 is 23.7 Å². The zero-order chi connectivity index (χ0) is 30.2. The summed E-state index contributed by atoms with van der Waals surface area (Å²) in [5, 5.41) is 20.5. The van der Waals surface area contributed by atoms with Crippen molar-refractivity contribution in [3.63, 3.8) is 0 Å². The van der Waals surface area contributed by atoms with Crippen LogP contribution in [-0.2, 0) is 20.1 Å². The van der Waals surface area contributed by atoms with Gasteiger partial charge < -0.3 is 9.84 Å². The highest BCUT2D eigenvalue weighted by Gasteiger charge is 2.49. The third-order valence-electron chi connectivity index (χ3n) is 7.11. The smallest absolute Gasteiger partial charge is 0.337 e. The second-order valence-electron chi connectivity index (χ2n) is 9.88. The Morgan fingerprint density at radius 2 is 1.77 bits per heavy atom. The number of ether oxygens (including phenoxy) is 1. The number of ketones is 1. The maximum Gasteiger partial charge on any atom is 0.337 e. The van der Waals surface area contributed by atoms with Crippen molar-refractivity contribution in [2.24, 2.45) is 0 Å². The van der Waals surface area contributed by atoms with Gasteiger partial charge in [-0.05, 0) is 49.2 Å². The number of carbonyl (C=O) groups excluding carboxylic acids is 3. The van der Waals surface area contributed by atoms with Crippen LogP contribution in [0.4, 0.5) is 5.13 Å². The number of hydrogen-bond donors (Lipinski definition) is 1. The Bertz CT molecular complexity index is 1910. The molecule has 0 radical (unpaired) electrons. The maximum absolute atomic E-state index is 13.7. The standard InChI is InChI=1S/C31H25N5O5S2/c1-17-7-9-19(10-8-17)16-42-31-34-33-30(43-31)36-25(20-11-13-21(14-12-20)29(40)41-3)23(27(38)28(36)39)26(37)24-18(2)32-22-6-4-5-15-35(22)24/h4-15,25,37H,16H2,1-3H3. The molecular weight excluding hydrogens is 587 g/mol. The molecule has 1 atom stereocenters. The van der Waals surface area contributed by atoms with Crippen LogP contribution >= 0.6 is 23.1 Å². The highest BCUT2D eigenvalue weighted by atomic mass is 32.2. The number of aliphatic hydroxyl groups is 1. The Kier molecular flexibility index (Phi) is 7.55. The van der Waals surface area contributed by atoms with E-state index in [0.717, 1.165) is 5.56 Å². The van der Waals surface area contributed by atoms with Gasteiger partial charge >= 0.3 is 11.9 Å². The fourth-order valence-corrected chi connectivity index (χ4v) is 6.80. The number of Topliss-reactive ketones (excluding diaryl/α,β-unsaturated/α-hetero) is 1. The molecule has 1 amide bonds. The molecule has 1 aliphatic heterocycles. The Morgan fingerprint density at radius 3 is 2.49 bits per heavy atom. The average Bonchev–Trinajstić information content (AvgIpc) is 3.69. The van der Waals surface area contributed by atoms with Gasteiger partial charge in [-0.15, -0.1) is 10.2 Å². The third-order valence-corrected chi connectivity index (χ3v) is 9.23. The molecule has 5 aromatic rings. The summed E-state index contributed by atoms with van der Waals surface area (Å²) in [7, 11) is 1.28. The molecule has 2 aromatic carbocycles. The highest BCUT2D eigenvalue weighted by molar-refractivity contribution is 8.00. The van der Waals surface area contributed by atoms with Crippen LogP contribution in [0.5, 0.6) is 0 Å². The van der Waals surface area contributed by atoms with Crippen molar-refractivity contribution < 1.29 is 24.2 Å². The summed E-state index contributed by atoms with van der Waals surface area (Å²) < 4.78 is 7.10. The minimum atomic E-state index is -1.04. The SMILES string of the molecule is COC(=O)c1ccc(C2C(=C(O)c3c(C)nc4ccccn34)C(=O)C(=O)N2c2nnc(SCc3ccc(C)cc3)s2)cc1. The number of aliphatic hydroxyl groups excluding tert-OH is 1. The molecule has 0 bridgehead atoms. The molecule has 216 valence electrons. The first-order valence-corrected chi connectivity index (χ1v) is 15.0. The molecule has 12 heteroatoms. The second kappa shape index (κ2) is 11.5. The monoisotopic (exact) mass is 611 g/mol. The first-order chi connectivity index (χ1) is 20.8. The van der Waals surface area contributed by atoms with Crippen LogP contribution in [0.15, 0.2) is 82.8 Å². The molecule has 0 aliphatic carbocycles. The molecule has 1 fully saturated rings. The molecule has 10 nitrogen and oxygen atoms in total. The fourth-order valence-electron chi connectivity index (χ4n) is 4.98. The number of hydrogen-bond acceptors (Lipinski definition) is 10. The highest BCUT2D eigenvalue weighted by Crippen LogP contribution is 2.44. The molecule has 1 aliphatic rings. The van der Waals surface area contributed by atoms with E-state index in [-0.39, 0.29) is 16.5 Å². The normalized spacial score (nSPS) is 16.3. The number of rotatable bonds is 7. The number of carbonyl (C=O) groups is 3. The minimum Gasteiger partial charge on any atom is -0.505 e. The van der Waals surface area contributed by atoms with Crippen molar-refractivity contribution in [2.75, 3.05) is 12.0 Å². The van der Waals surface area contributed by atoms with Crippen molar-refractivity contribution in [2.45, 2.75) is 30.0 Å². The number of imidazole rings is 1. The molecule has 1 saturated heterocycles. The third kappa shape index (κ3) is 5.19. The summed E-state index contributed by atoms with van der Waals surface area (Å²) >= 11 is 2.65. The minimum absolute atomic E-state index is 0.117. The van der Waals surface area contributed by atoms with Gasteiger partial charge in [-0.25, -0.2) is 9.78 Å². The number of anilines is 1. The average molecular weight is 612 g/mol. The Hall–Kier alpha value is -4.81. The summed E-state index contributed by atoms with van der Waals surface area (Å²) in [6, 6.07) is 18.8. The van der Waals surface area contributed by atoms with E-state index in [9.17, 15) is 19.5 Å². The number of nitrogens with zero attached hydrogens (tertiary/aromatic N) is 5. The summed E-state index contributed by atoms with van der Waals surface area (Å²) in [6.45, 7) is 3.75. The van der Waals surface area contributed by atoms with Gasteiger partial charge in [-0.3, -0.25) is 18.9 Å². The van der Waals surface area contributed by atoms with Gasteiger partial charge in [0.1, 0.15) is 11.3 Å². The Morgan fingerprint density at radius 1 is 1.02 bits per heavy atom. The predicted molar refractivity (Wildman–Crippen MR) is 163 cm³/mol. The largest absolute Gasteiger partial charge is 0.505 e. The first kappa shape index (κ1) is 28.3. The number of thioether (sulfide) groups is 1. The number of benzene rings is 2. The summed E-state index contributed by atoms with van der Waals surface area (Å²) in [5.74, 6) is -1.95. The van der Waals surface area contributed by atoms with E-state index in [1.807, 2.05) is 37.3 Å². The number of aromatic nitrogens is 4. The molecule has 0 spiro atoms. The number of aryl methyl sites for hydroxylation is 2. The zero-order valence-electron chi connectivity index (χ0n) is 23.3. The van der Waals surface area contributed by atoms with E-state index in [1.54, 1.807) is 53.9 Å². The van der Waals surface area contributed by atoms with Crippen LogP contribution in [0.1, 0.15) is 44.5 Å². The predicted octanol–water partition coefficient (Wildman–Crippen LogP) is 5.51. The van der Waals surface area contributed by atoms with Crippen LogP contribution in [0.3, 0.4) is 0 Å². The Balaban J connectivity index is 1.44. The van der Waals surface area contributed by atoms with Crippen molar-refractivity contribution in [3.05, 3.63) is 112 Å². The van der Waals surface area contributed by atoms with Crippen LogP contribution < -0.4 is 4.90 Å². The molecule has 1 unspecified atom stereocenters. The van der Waals surface area contributed by atoms with E-state index in [1.165, 1.54) is 40.7 Å². The van der Waals surface area contributed by atoms with E-state index in [4.69, 9.17) is 4.74 Å². The number of fused-ring (bicyclic) bond motifs is 1. The zero-order valence-corrected chi connectivity index (χ0v) is 25.0. The van der Waals surface area contributed by atoms with Crippen molar-refractivity contribution >= 4 is 57.3 Å².